The third-order valence-electron chi connectivity index (χ3n) is 5.25. The molecule has 0 amide bonds. The Bertz CT molecular complexity index is 1310. The van der Waals surface area contributed by atoms with E-state index < -0.39 is 17.5 Å². The van der Waals surface area contributed by atoms with Gasteiger partial charge in [-0.15, -0.1) is 0 Å². The van der Waals surface area contributed by atoms with Crippen LogP contribution in [0.15, 0.2) is 59.5 Å². The summed E-state index contributed by atoms with van der Waals surface area (Å²) >= 11 is 0. The summed E-state index contributed by atoms with van der Waals surface area (Å²) in [5, 5.41) is 10.1. The predicted molar refractivity (Wildman–Crippen MR) is 109 cm³/mol. The second-order valence-corrected chi connectivity index (χ2v) is 7.09. The Morgan fingerprint density at radius 3 is 2.60 bits per heavy atom. The van der Waals surface area contributed by atoms with Crippen LogP contribution in [0.5, 0.6) is 0 Å². The molecular weight excluding hydrogens is 393 g/mol. The molecule has 1 N–H and O–H groups in total. The Morgan fingerprint density at radius 1 is 1.03 bits per heavy atom. The van der Waals surface area contributed by atoms with Crippen LogP contribution in [-0.4, -0.2) is 20.8 Å². The van der Waals surface area contributed by atoms with Crippen molar-refractivity contribution in [3.05, 3.63) is 93.8 Å². The largest absolute Gasteiger partial charge is 0.395 e. The van der Waals surface area contributed by atoms with E-state index in [1.807, 2.05) is 11.5 Å². The first-order valence-electron chi connectivity index (χ1n) is 9.43. The Hall–Kier alpha value is -3.32. The number of hydrogen-bond donors (Lipinski definition) is 1. The Balaban J connectivity index is 1.88. The molecule has 4 aromatic rings. The molecule has 0 aliphatic heterocycles. The minimum absolute atomic E-state index is 0.0553. The molecule has 4 rings (SSSR count). The van der Waals surface area contributed by atoms with Gasteiger partial charge < -0.3 is 14.2 Å². The van der Waals surface area contributed by atoms with Gasteiger partial charge in [0.2, 0.25) is 0 Å². The van der Waals surface area contributed by atoms with Gasteiger partial charge in [-0.2, -0.15) is 0 Å². The van der Waals surface area contributed by atoms with Crippen LogP contribution in [0.1, 0.15) is 11.3 Å². The average Bonchev–Trinajstić information content (AvgIpc) is 2.98. The standard InChI is InChI=1S/C23H19F3N2O2/c1-14-22(18-11-17(24)6-7-20(18)28(14)9-10-29)15-5-8-21(30)27(12-15)13-16-3-2-4-19(25)23(16)26/h2-8,11-12,29H,9-10,13H2,1H3. The summed E-state index contributed by atoms with van der Waals surface area (Å²) in [7, 11) is 0. The second-order valence-electron chi connectivity index (χ2n) is 7.09. The minimum atomic E-state index is -0.993. The number of halogens is 3. The van der Waals surface area contributed by atoms with E-state index in [0.717, 1.165) is 17.3 Å². The van der Waals surface area contributed by atoms with Crippen molar-refractivity contribution in [2.45, 2.75) is 20.0 Å². The smallest absolute Gasteiger partial charge is 0.250 e. The second kappa shape index (κ2) is 7.84. The molecular formula is C23H19F3N2O2. The fourth-order valence-electron chi connectivity index (χ4n) is 3.86. The summed E-state index contributed by atoms with van der Waals surface area (Å²) in [4.78, 5) is 12.4. The number of pyridine rings is 1. The number of aliphatic hydroxyl groups excluding tert-OH is 1. The third-order valence-corrected chi connectivity index (χ3v) is 5.25. The Morgan fingerprint density at radius 2 is 1.83 bits per heavy atom. The van der Waals surface area contributed by atoms with Crippen LogP contribution in [0.4, 0.5) is 13.2 Å². The first-order valence-corrected chi connectivity index (χ1v) is 9.43. The van der Waals surface area contributed by atoms with Crippen LogP contribution in [0.3, 0.4) is 0 Å². The molecule has 0 spiro atoms. The highest BCUT2D eigenvalue weighted by Gasteiger charge is 2.17. The molecule has 0 aliphatic carbocycles. The van der Waals surface area contributed by atoms with Gasteiger partial charge in [0.15, 0.2) is 11.6 Å². The zero-order chi connectivity index (χ0) is 21.4. The van der Waals surface area contributed by atoms with E-state index in [0.29, 0.717) is 23.1 Å². The molecule has 0 saturated heterocycles. The molecule has 7 heteroatoms. The molecule has 30 heavy (non-hydrogen) atoms. The Kier molecular flexibility index (Phi) is 5.22. The molecule has 0 unspecified atom stereocenters. The van der Waals surface area contributed by atoms with E-state index in [1.165, 1.54) is 34.9 Å². The SMILES string of the molecule is Cc1c(-c2ccc(=O)n(Cc3cccc(F)c3F)c2)c2cc(F)ccc2n1CCO. The zero-order valence-corrected chi connectivity index (χ0v) is 16.2. The fourth-order valence-corrected chi connectivity index (χ4v) is 3.86. The van der Waals surface area contributed by atoms with Crippen molar-refractivity contribution in [2.24, 2.45) is 0 Å². The molecule has 2 aromatic heterocycles. The van der Waals surface area contributed by atoms with Gasteiger partial charge >= 0.3 is 0 Å². The van der Waals surface area contributed by atoms with E-state index in [4.69, 9.17) is 0 Å². The highest BCUT2D eigenvalue weighted by molar-refractivity contribution is 5.98. The number of hydrogen-bond acceptors (Lipinski definition) is 2. The maximum atomic E-state index is 14.1. The number of rotatable bonds is 5. The van der Waals surface area contributed by atoms with Crippen molar-refractivity contribution in [2.75, 3.05) is 6.61 Å². The number of nitrogens with zero attached hydrogens (tertiary/aromatic N) is 2. The number of benzene rings is 2. The summed E-state index contributed by atoms with van der Waals surface area (Å²) < 4.78 is 44.8. The molecule has 0 saturated carbocycles. The fraction of sp³-hybridized carbons (Fsp3) is 0.174. The van der Waals surface area contributed by atoms with Crippen LogP contribution >= 0.6 is 0 Å². The van der Waals surface area contributed by atoms with Crippen LogP contribution < -0.4 is 5.56 Å². The van der Waals surface area contributed by atoms with Crippen molar-refractivity contribution in [1.82, 2.24) is 9.13 Å². The van der Waals surface area contributed by atoms with Gasteiger partial charge in [0, 0.05) is 52.1 Å². The molecule has 0 atom stereocenters. The monoisotopic (exact) mass is 412 g/mol. The van der Waals surface area contributed by atoms with Crippen LogP contribution in [0.2, 0.25) is 0 Å². The van der Waals surface area contributed by atoms with E-state index in [2.05, 4.69) is 0 Å². The van der Waals surface area contributed by atoms with Crippen molar-refractivity contribution in [3.8, 4) is 11.1 Å². The average molecular weight is 412 g/mol. The normalized spacial score (nSPS) is 11.4. The maximum Gasteiger partial charge on any atom is 0.250 e. The molecule has 4 nitrogen and oxygen atoms in total. The first kappa shape index (κ1) is 20.0. The van der Waals surface area contributed by atoms with Gasteiger partial charge in [-0.1, -0.05) is 12.1 Å². The molecule has 154 valence electrons. The molecule has 2 aromatic carbocycles. The summed E-state index contributed by atoms with van der Waals surface area (Å²) in [5.41, 5.74) is 2.59. The third kappa shape index (κ3) is 3.41. The minimum Gasteiger partial charge on any atom is -0.395 e. The lowest BCUT2D eigenvalue weighted by atomic mass is 10.0. The predicted octanol–water partition coefficient (Wildman–Crippen LogP) is 4.24. The van der Waals surface area contributed by atoms with Crippen molar-refractivity contribution in [1.29, 1.82) is 0 Å². The summed E-state index contributed by atoms with van der Waals surface area (Å²) in [6.07, 6.45) is 1.56. The maximum absolute atomic E-state index is 14.1. The topological polar surface area (TPSA) is 47.2 Å². The van der Waals surface area contributed by atoms with Gasteiger partial charge in [-0.25, -0.2) is 13.2 Å². The molecule has 0 fully saturated rings. The highest BCUT2D eigenvalue weighted by atomic mass is 19.2. The number of aromatic nitrogens is 2. The van der Waals surface area contributed by atoms with Crippen LogP contribution in [0, 0.1) is 24.4 Å². The van der Waals surface area contributed by atoms with Crippen molar-refractivity contribution < 1.29 is 18.3 Å². The zero-order valence-electron chi connectivity index (χ0n) is 16.2. The molecule has 0 radical (unpaired) electrons. The lowest BCUT2D eigenvalue weighted by Gasteiger charge is -2.11. The van der Waals surface area contributed by atoms with Crippen molar-refractivity contribution in [3.63, 3.8) is 0 Å². The summed E-state index contributed by atoms with van der Waals surface area (Å²) in [6.45, 7) is 1.96. The van der Waals surface area contributed by atoms with E-state index in [-0.39, 0.29) is 24.3 Å². The first-order chi connectivity index (χ1) is 14.4. The number of fused-ring (bicyclic) bond motifs is 1. The van der Waals surface area contributed by atoms with Gasteiger partial charge in [-0.05, 0) is 37.3 Å². The Labute approximate surface area is 170 Å². The van der Waals surface area contributed by atoms with Gasteiger partial charge in [0.05, 0.1) is 13.2 Å². The molecule has 0 aliphatic rings. The van der Waals surface area contributed by atoms with E-state index in [9.17, 15) is 23.1 Å². The van der Waals surface area contributed by atoms with Crippen LogP contribution in [-0.2, 0) is 13.1 Å². The molecule has 2 heterocycles. The van der Waals surface area contributed by atoms with Crippen molar-refractivity contribution >= 4 is 10.9 Å². The highest BCUT2D eigenvalue weighted by Crippen LogP contribution is 2.34. The van der Waals surface area contributed by atoms with E-state index >= 15 is 0 Å². The lowest BCUT2D eigenvalue weighted by Crippen LogP contribution is -2.20. The quantitative estimate of drug-likeness (QED) is 0.533. The van der Waals surface area contributed by atoms with Gasteiger partial charge in [-0.3, -0.25) is 4.79 Å². The number of aliphatic hydroxyl groups is 1. The van der Waals surface area contributed by atoms with E-state index in [1.54, 1.807) is 18.3 Å². The summed E-state index contributed by atoms with van der Waals surface area (Å²) in [5.74, 6) is -2.37. The molecule has 0 bridgehead atoms. The van der Waals surface area contributed by atoms with Gasteiger partial charge in [0.1, 0.15) is 5.82 Å². The van der Waals surface area contributed by atoms with Gasteiger partial charge in [0.25, 0.3) is 5.56 Å². The van der Waals surface area contributed by atoms with Crippen LogP contribution in [0.25, 0.3) is 22.0 Å². The lowest BCUT2D eigenvalue weighted by molar-refractivity contribution is 0.277. The summed E-state index contributed by atoms with van der Waals surface area (Å²) in [6, 6.07) is 11.2.